The topological polar surface area (TPSA) is 108 Å². The van der Waals surface area contributed by atoms with Crippen LogP contribution in [0.1, 0.15) is 5.56 Å². The van der Waals surface area contributed by atoms with Crippen LogP contribution in [0.15, 0.2) is 57.3 Å². The van der Waals surface area contributed by atoms with Gasteiger partial charge in [0.2, 0.25) is 5.75 Å². The molecule has 0 radical (unpaired) electrons. The fourth-order valence-corrected chi connectivity index (χ4v) is 4.19. The lowest BCUT2D eigenvalue weighted by Crippen LogP contribution is -2.10. The molecule has 0 bridgehead atoms. The first kappa shape index (κ1) is 19.3. The van der Waals surface area contributed by atoms with Gasteiger partial charge in [-0.25, -0.2) is 0 Å². The molecule has 10 heteroatoms. The van der Waals surface area contributed by atoms with Crippen LogP contribution >= 0.6 is 23.4 Å². The van der Waals surface area contributed by atoms with Gasteiger partial charge in [-0.2, -0.15) is 13.4 Å². The molecule has 0 unspecified atom stereocenters. The monoisotopic (exact) mass is 424 g/mol. The molecule has 0 fully saturated rings. The molecular weight excluding hydrogens is 412 g/mol. The van der Waals surface area contributed by atoms with E-state index in [1.807, 2.05) is 0 Å². The van der Waals surface area contributed by atoms with Crippen LogP contribution in [0.2, 0.25) is 5.02 Å². The lowest BCUT2D eigenvalue weighted by molar-refractivity contribution is -0.113. The van der Waals surface area contributed by atoms with Gasteiger partial charge in [0, 0.05) is 0 Å². The summed E-state index contributed by atoms with van der Waals surface area (Å²) in [6.45, 7) is 0. The number of carbonyl (C=O) groups excluding carboxylic acids is 1. The van der Waals surface area contributed by atoms with Crippen molar-refractivity contribution < 1.29 is 22.1 Å². The van der Waals surface area contributed by atoms with Gasteiger partial charge >= 0.3 is 10.1 Å². The summed E-state index contributed by atoms with van der Waals surface area (Å²) in [6.07, 6.45) is 1.53. The highest BCUT2D eigenvalue weighted by Crippen LogP contribution is 2.39. The van der Waals surface area contributed by atoms with E-state index in [4.69, 9.17) is 26.3 Å². The summed E-state index contributed by atoms with van der Waals surface area (Å²) in [7, 11) is -2.74. The van der Waals surface area contributed by atoms with Crippen LogP contribution < -0.4 is 14.7 Å². The van der Waals surface area contributed by atoms with Gasteiger partial charge < -0.3 is 14.7 Å². The molecule has 3 rings (SSSR count). The highest BCUT2D eigenvalue weighted by atomic mass is 35.5. The Morgan fingerprint density at radius 1 is 1.22 bits per heavy atom. The van der Waals surface area contributed by atoms with Crippen LogP contribution in [0.25, 0.3) is 6.08 Å². The largest absolute Gasteiger partial charge is 0.493 e. The predicted molar refractivity (Wildman–Crippen MR) is 104 cm³/mol. The number of nitrogens with two attached hydrogens (primary N) is 1. The number of amides is 1. The fourth-order valence-electron chi connectivity index (χ4n) is 2.23. The standard InChI is InChI=1S/C17H13ClN2O5S2/c1-24-13-8-10(9-14-16(21)20-17(19)26-14)7-12(18)15(13)25-27(22,23)11-5-3-2-4-6-11/h2-9H,1H3,(H2,19,20,21)/b14-9-. The molecule has 0 aliphatic carbocycles. The molecule has 0 aromatic heterocycles. The summed E-state index contributed by atoms with van der Waals surface area (Å²) in [5.41, 5.74) is 6.02. The van der Waals surface area contributed by atoms with Crippen molar-refractivity contribution >= 4 is 50.6 Å². The lowest BCUT2D eigenvalue weighted by Gasteiger charge is -2.13. The van der Waals surface area contributed by atoms with E-state index in [9.17, 15) is 13.2 Å². The molecular formula is C17H13ClN2O5S2. The summed E-state index contributed by atoms with van der Waals surface area (Å²) in [6, 6.07) is 10.6. The van der Waals surface area contributed by atoms with Crippen molar-refractivity contribution in [2.45, 2.75) is 4.90 Å². The second-order valence-electron chi connectivity index (χ2n) is 5.25. The molecule has 27 heavy (non-hydrogen) atoms. The van der Waals surface area contributed by atoms with Gasteiger partial charge in [0.05, 0.1) is 17.0 Å². The third-order valence-corrected chi connectivity index (χ3v) is 5.74. The van der Waals surface area contributed by atoms with Crippen molar-refractivity contribution in [3.05, 3.63) is 58.0 Å². The van der Waals surface area contributed by atoms with E-state index in [-0.39, 0.29) is 26.6 Å². The molecule has 1 aliphatic rings. The van der Waals surface area contributed by atoms with Crippen molar-refractivity contribution in [3.8, 4) is 11.5 Å². The maximum absolute atomic E-state index is 12.4. The number of amidine groups is 1. The van der Waals surface area contributed by atoms with Crippen molar-refractivity contribution in [2.75, 3.05) is 7.11 Å². The van der Waals surface area contributed by atoms with E-state index in [2.05, 4.69) is 4.99 Å². The minimum absolute atomic E-state index is 0.00467. The van der Waals surface area contributed by atoms with Gasteiger partial charge in [-0.3, -0.25) is 4.79 Å². The Balaban J connectivity index is 1.96. The maximum atomic E-state index is 12.4. The molecule has 1 heterocycles. The van der Waals surface area contributed by atoms with Crippen LogP contribution in [0, 0.1) is 0 Å². The first-order valence-electron chi connectivity index (χ1n) is 7.45. The number of methoxy groups -OCH3 is 1. The van der Waals surface area contributed by atoms with Gasteiger partial charge in [0.1, 0.15) is 4.90 Å². The van der Waals surface area contributed by atoms with E-state index in [0.717, 1.165) is 11.8 Å². The first-order valence-corrected chi connectivity index (χ1v) is 10.1. The Hall–Kier alpha value is -2.49. The van der Waals surface area contributed by atoms with Crippen LogP contribution in [0.5, 0.6) is 11.5 Å². The molecule has 0 saturated heterocycles. The SMILES string of the molecule is COc1cc(/C=C2\SC(N)=NC2=O)cc(Cl)c1OS(=O)(=O)c1ccccc1. The second-order valence-corrected chi connectivity index (χ2v) is 8.27. The molecule has 7 nitrogen and oxygen atoms in total. The lowest BCUT2D eigenvalue weighted by atomic mass is 10.2. The number of ether oxygens (including phenoxy) is 1. The summed E-state index contributed by atoms with van der Waals surface area (Å²) in [5, 5.41) is 0.156. The number of rotatable bonds is 5. The zero-order chi connectivity index (χ0) is 19.6. The molecule has 2 aromatic carbocycles. The average molecular weight is 425 g/mol. The third-order valence-electron chi connectivity index (χ3n) is 3.41. The highest BCUT2D eigenvalue weighted by molar-refractivity contribution is 8.18. The summed E-state index contributed by atoms with van der Waals surface area (Å²) in [4.78, 5) is 15.6. The first-order chi connectivity index (χ1) is 12.8. The number of carbonyl (C=O) groups is 1. The number of hydrogen-bond donors (Lipinski definition) is 1. The number of aliphatic imine (C=N–C) groups is 1. The zero-order valence-electron chi connectivity index (χ0n) is 13.9. The molecule has 0 atom stereocenters. The maximum Gasteiger partial charge on any atom is 0.339 e. The molecule has 1 amide bonds. The number of halogens is 1. The number of nitrogens with zero attached hydrogens (tertiary/aromatic N) is 1. The minimum Gasteiger partial charge on any atom is -0.493 e. The summed E-state index contributed by atoms with van der Waals surface area (Å²) >= 11 is 7.24. The van der Waals surface area contributed by atoms with E-state index < -0.39 is 16.0 Å². The van der Waals surface area contributed by atoms with Crippen LogP contribution in [0.4, 0.5) is 0 Å². The van der Waals surface area contributed by atoms with Gasteiger partial charge in [-0.15, -0.1) is 0 Å². The number of thioether (sulfide) groups is 1. The smallest absolute Gasteiger partial charge is 0.339 e. The van der Waals surface area contributed by atoms with Crippen LogP contribution in [-0.2, 0) is 14.9 Å². The van der Waals surface area contributed by atoms with Gasteiger partial charge in [0.25, 0.3) is 5.91 Å². The van der Waals surface area contributed by atoms with Crippen molar-refractivity contribution in [3.63, 3.8) is 0 Å². The van der Waals surface area contributed by atoms with Crippen molar-refractivity contribution in [2.24, 2.45) is 10.7 Å². The van der Waals surface area contributed by atoms with Crippen LogP contribution in [-0.4, -0.2) is 26.6 Å². The molecule has 0 saturated carbocycles. The number of hydrogen-bond acceptors (Lipinski definition) is 7. The predicted octanol–water partition coefficient (Wildman–Crippen LogP) is 3.05. The molecule has 2 N–H and O–H groups in total. The Kier molecular flexibility index (Phi) is 5.45. The van der Waals surface area contributed by atoms with Gasteiger partial charge in [0.15, 0.2) is 10.9 Å². The Labute approximate surface area is 165 Å². The summed E-state index contributed by atoms with van der Waals surface area (Å²) < 4.78 is 35.3. The normalized spacial score (nSPS) is 15.7. The molecule has 1 aliphatic heterocycles. The zero-order valence-corrected chi connectivity index (χ0v) is 16.3. The van der Waals surface area contributed by atoms with E-state index in [1.54, 1.807) is 18.2 Å². The minimum atomic E-state index is -4.09. The van der Waals surface area contributed by atoms with Gasteiger partial charge in [-0.05, 0) is 47.7 Å². The molecule has 0 spiro atoms. The van der Waals surface area contributed by atoms with Crippen molar-refractivity contribution in [1.29, 1.82) is 0 Å². The van der Waals surface area contributed by atoms with E-state index >= 15 is 0 Å². The Morgan fingerprint density at radius 3 is 2.52 bits per heavy atom. The highest BCUT2D eigenvalue weighted by Gasteiger charge is 2.23. The summed E-state index contributed by atoms with van der Waals surface area (Å²) in [5.74, 6) is -0.510. The number of benzene rings is 2. The van der Waals surface area contributed by atoms with Crippen LogP contribution in [0.3, 0.4) is 0 Å². The average Bonchev–Trinajstić information content (AvgIpc) is 2.94. The Morgan fingerprint density at radius 2 is 1.93 bits per heavy atom. The van der Waals surface area contributed by atoms with E-state index in [1.165, 1.54) is 37.5 Å². The Bertz CT molecular complexity index is 1070. The fraction of sp³-hybridized carbons (Fsp3) is 0.0588. The van der Waals surface area contributed by atoms with Crippen molar-refractivity contribution in [1.82, 2.24) is 0 Å². The third kappa shape index (κ3) is 4.26. The quantitative estimate of drug-likeness (QED) is 0.580. The molecule has 2 aromatic rings. The van der Waals surface area contributed by atoms with Gasteiger partial charge in [-0.1, -0.05) is 29.8 Å². The molecule has 140 valence electrons. The second kappa shape index (κ2) is 7.63. The van der Waals surface area contributed by atoms with E-state index in [0.29, 0.717) is 10.5 Å².